The number of hydrogen-bond acceptors (Lipinski definition) is 4. The fourth-order valence-corrected chi connectivity index (χ4v) is 3.64. The van der Waals surface area contributed by atoms with Crippen molar-refractivity contribution in [3.63, 3.8) is 0 Å². The first-order valence-electron chi connectivity index (χ1n) is 9.10. The molecule has 1 aromatic heterocycles. The number of halogens is 1. The number of urea groups is 1. The van der Waals surface area contributed by atoms with Gasteiger partial charge in [-0.1, -0.05) is 29.8 Å². The summed E-state index contributed by atoms with van der Waals surface area (Å²) in [6.07, 6.45) is 2.32. The minimum absolute atomic E-state index is 0.277. The van der Waals surface area contributed by atoms with E-state index in [-0.39, 0.29) is 12.1 Å². The highest BCUT2D eigenvalue weighted by Crippen LogP contribution is 2.34. The van der Waals surface area contributed by atoms with Crippen molar-refractivity contribution in [3.8, 4) is 0 Å². The van der Waals surface area contributed by atoms with Crippen molar-refractivity contribution in [2.45, 2.75) is 12.5 Å². The molecule has 2 amide bonds. The largest absolute Gasteiger partial charge is 0.465 e. The fourth-order valence-electron chi connectivity index (χ4n) is 3.52. The predicted molar refractivity (Wildman–Crippen MR) is 109 cm³/mol. The van der Waals surface area contributed by atoms with E-state index in [1.165, 1.54) is 7.11 Å². The first-order chi connectivity index (χ1) is 14.1. The zero-order chi connectivity index (χ0) is 20.4. The number of carbonyl (C=O) groups excluding carboxylic acids is 2. The van der Waals surface area contributed by atoms with Crippen molar-refractivity contribution in [2.75, 3.05) is 19.0 Å². The average Bonchev–Trinajstić information content (AvgIpc) is 3.22. The lowest BCUT2D eigenvalue weighted by molar-refractivity contribution is 0.0600. The van der Waals surface area contributed by atoms with Crippen LogP contribution in [-0.2, 0) is 11.2 Å². The van der Waals surface area contributed by atoms with Gasteiger partial charge in [0.15, 0.2) is 0 Å². The Morgan fingerprint density at radius 2 is 2.03 bits per heavy atom. The molecule has 1 aliphatic rings. The smallest absolute Gasteiger partial charge is 0.337 e. The van der Waals surface area contributed by atoms with Crippen LogP contribution in [0.3, 0.4) is 0 Å². The minimum atomic E-state index is -0.459. The lowest BCUT2D eigenvalue weighted by atomic mass is 9.96. The monoisotopic (exact) mass is 410 g/mol. The molecule has 0 fully saturated rings. The maximum Gasteiger partial charge on any atom is 0.337 e. The SMILES string of the molecule is COC(=O)c1cccc(NC(=O)N2CCc3[nH]cnc3[C@H]2c2ccc(Cl)cc2)c1. The number of anilines is 1. The number of methoxy groups -OCH3 is 1. The Morgan fingerprint density at radius 1 is 1.24 bits per heavy atom. The van der Waals surface area contributed by atoms with Gasteiger partial charge in [0, 0.05) is 29.4 Å². The van der Waals surface area contributed by atoms with Gasteiger partial charge in [-0.25, -0.2) is 14.6 Å². The number of imidazole rings is 1. The third kappa shape index (κ3) is 3.82. The van der Waals surface area contributed by atoms with Crippen molar-refractivity contribution in [1.82, 2.24) is 14.9 Å². The normalized spacial score (nSPS) is 15.5. The summed E-state index contributed by atoms with van der Waals surface area (Å²) in [5.41, 5.74) is 3.63. The summed E-state index contributed by atoms with van der Waals surface area (Å²) in [5, 5.41) is 3.51. The molecule has 0 aliphatic carbocycles. The van der Waals surface area contributed by atoms with Crippen LogP contribution in [0.5, 0.6) is 0 Å². The van der Waals surface area contributed by atoms with Gasteiger partial charge < -0.3 is 19.9 Å². The number of hydrogen-bond donors (Lipinski definition) is 2. The Bertz CT molecular complexity index is 1050. The number of carbonyl (C=O) groups is 2. The molecule has 4 rings (SSSR count). The van der Waals surface area contributed by atoms with Crippen LogP contribution >= 0.6 is 11.6 Å². The van der Waals surface area contributed by atoms with Gasteiger partial charge in [-0.3, -0.25) is 0 Å². The van der Waals surface area contributed by atoms with Crippen molar-refractivity contribution in [2.24, 2.45) is 0 Å². The van der Waals surface area contributed by atoms with Gasteiger partial charge in [0.1, 0.15) is 6.04 Å². The van der Waals surface area contributed by atoms with Crippen molar-refractivity contribution in [1.29, 1.82) is 0 Å². The second-order valence-electron chi connectivity index (χ2n) is 6.67. The van der Waals surface area contributed by atoms with Crippen LogP contribution in [0.15, 0.2) is 54.9 Å². The van der Waals surface area contributed by atoms with E-state index in [0.29, 0.717) is 29.2 Å². The van der Waals surface area contributed by atoms with Crippen LogP contribution in [-0.4, -0.2) is 40.5 Å². The summed E-state index contributed by atoms with van der Waals surface area (Å²) in [4.78, 5) is 34.2. The third-order valence-corrected chi connectivity index (χ3v) is 5.16. The molecule has 2 aromatic carbocycles. The number of ether oxygens (including phenoxy) is 1. The molecular weight excluding hydrogens is 392 g/mol. The van der Waals surface area contributed by atoms with Gasteiger partial charge in [-0.2, -0.15) is 0 Å². The molecule has 0 bridgehead atoms. The van der Waals surface area contributed by atoms with E-state index >= 15 is 0 Å². The predicted octanol–water partition coefficient (Wildman–Crippen LogP) is 4.03. The van der Waals surface area contributed by atoms with E-state index in [1.54, 1.807) is 47.6 Å². The van der Waals surface area contributed by atoms with Crippen LogP contribution in [0.4, 0.5) is 10.5 Å². The standard InChI is InChI=1S/C21H19ClN4O3/c1-29-20(27)14-3-2-4-16(11-14)25-21(28)26-10-9-17-18(24-12-23-17)19(26)13-5-7-15(22)8-6-13/h2-8,11-12,19H,9-10H2,1H3,(H,23,24)(H,25,28)/t19-/m1/s1. The molecule has 1 atom stereocenters. The maximum atomic E-state index is 13.1. The van der Waals surface area contributed by atoms with Crippen LogP contribution in [0.1, 0.15) is 33.4 Å². The fraction of sp³-hybridized carbons (Fsp3) is 0.190. The molecule has 0 saturated heterocycles. The molecule has 3 aromatic rings. The van der Waals surface area contributed by atoms with E-state index in [0.717, 1.165) is 17.0 Å². The topological polar surface area (TPSA) is 87.3 Å². The van der Waals surface area contributed by atoms with Gasteiger partial charge in [-0.15, -0.1) is 0 Å². The lowest BCUT2D eigenvalue weighted by Gasteiger charge is -2.35. The van der Waals surface area contributed by atoms with Crippen molar-refractivity contribution < 1.29 is 14.3 Å². The number of amides is 2. The summed E-state index contributed by atoms with van der Waals surface area (Å²) in [5.74, 6) is -0.459. The number of nitrogens with one attached hydrogen (secondary N) is 2. The number of nitrogens with zero attached hydrogens (tertiary/aromatic N) is 2. The first-order valence-corrected chi connectivity index (χ1v) is 9.48. The molecule has 0 saturated carbocycles. The molecule has 0 unspecified atom stereocenters. The number of aromatic amines is 1. The Kier molecular flexibility index (Phi) is 5.22. The highest BCUT2D eigenvalue weighted by atomic mass is 35.5. The van der Waals surface area contributed by atoms with E-state index < -0.39 is 5.97 Å². The Balaban J connectivity index is 1.63. The molecule has 7 nitrogen and oxygen atoms in total. The summed E-state index contributed by atoms with van der Waals surface area (Å²) >= 11 is 6.04. The second kappa shape index (κ2) is 7.97. The zero-order valence-corrected chi connectivity index (χ0v) is 16.4. The first kappa shape index (κ1) is 19.0. The molecule has 0 radical (unpaired) electrons. The second-order valence-corrected chi connectivity index (χ2v) is 7.10. The number of fused-ring (bicyclic) bond motifs is 1. The van der Waals surface area contributed by atoms with Gasteiger partial charge in [0.25, 0.3) is 0 Å². The Hall–Kier alpha value is -3.32. The highest BCUT2D eigenvalue weighted by Gasteiger charge is 2.34. The summed E-state index contributed by atoms with van der Waals surface area (Å²) < 4.78 is 4.74. The number of esters is 1. The molecule has 2 N–H and O–H groups in total. The molecule has 8 heteroatoms. The minimum Gasteiger partial charge on any atom is -0.465 e. The maximum absolute atomic E-state index is 13.1. The van der Waals surface area contributed by atoms with Crippen LogP contribution in [0.25, 0.3) is 0 Å². The zero-order valence-electron chi connectivity index (χ0n) is 15.7. The van der Waals surface area contributed by atoms with Gasteiger partial charge in [0.05, 0.1) is 24.7 Å². The summed E-state index contributed by atoms with van der Waals surface area (Å²) in [6, 6.07) is 13.4. The molecule has 2 heterocycles. The molecule has 148 valence electrons. The van der Waals surface area contributed by atoms with Crippen molar-refractivity contribution >= 4 is 29.3 Å². The number of H-pyrrole nitrogens is 1. The number of rotatable bonds is 3. The van der Waals surface area contributed by atoms with Gasteiger partial charge in [0.2, 0.25) is 0 Å². The molecule has 1 aliphatic heterocycles. The molecular formula is C21H19ClN4O3. The average molecular weight is 411 g/mol. The number of aromatic nitrogens is 2. The quantitative estimate of drug-likeness (QED) is 0.638. The Labute approximate surface area is 172 Å². The van der Waals surface area contributed by atoms with E-state index in [9.17, 15) is 9.59 Å². The highest BCUT2D eigenvalue weighted by molar-refractivity contribution is 6.30. The summed E-state index contributed by atoms with van der Waals surface area (Å²) in [6.45, 7) is 0.519. The van der Waals surface area contributed by atoms with Gasteiger partial charge >= 0.3 is 12.0 Å². The Morgan fingerprint density at radius 3 is 2.79 bits per heavy atom. The van der Waals surface area contributed by atoms with E-state index in [2.05, 4.69) is 15.3 Å². The van der Waals surface area contributed by atoms with Crippen LogP contribution in [0.2, 0.25) is 5.02 Å². The van der Waals surface area contributed by atoms with Gasteiger partial charge in [-0.05, 0) is 35.9 Å². The third-order valence-electron chi connectivity index (χ3n) is 4.91. The molecule has 0 spiro atoms. The summed E-state index contributed by atoms with van der Waals surface area (Å²) in [7, 11) is 1.32. The van der Waals surface area contributed by atoms with E-state index in [4.69, 9.17) is 16.3 Å². The van der Waals surface area contributed by atoms with Crippen molar-refractivity contribution in [3.05, 3.63) is 82.4 Å². The van der Waals surface area contributed by atoms with E-state index in [1.807, 2.05) is 12.1 Å². The van der Waals surface area contributed by atoms with Crippen LogP contribution < -0.4 is 5.32 Å². The number of benzene rings is 2. The lowest BCUT2D eigenvalue weighted by Crippen LogP contribution is -2.43. The molecule has 29 heavy (non-hydrogen) atoms. The van der Waals surface area contributed by atoms with Crippen LogP contribution in [0, 0.1) is 0 Å².